The zero-order valence-electron chi connectivity index (χ0n) is 15.0. The van der Waals surface area contributed by atoms with E-state index in [1.807, 2.05) is 25.1 Å². The van der Waals surface area contributed by atoms with Crippen molar-refractivity contribution in [2.45, 2.75) is 25.8 Å². The monoisotopic (exact) mass is 351 g/mol. The number of fused-ring (bicyclic) bond motifs is 1. The average molecular weight is 351 g/mol. The molecule has 2 aliphatic heterocycles. The van der Waals surface area contributed by atoms with Gasteiger partial charge in [0.1, 0.15) is 5.82 Å². The van der Waals surface area contributed by atoms with Gasteiger partial charge in [-0.2, -0.15) is 4.98 Å². The van der Waals surface area contributed by atoms with Gasteiger partial charge in [-0.3, -0.25) is 0 Å². The van der Waals surface area contributed by atoms with Crippen LogP contribution in [0.4, 0.5) is 23.1 Å². The van der Waals surface area contributed by atoms with E-state index >= 15 is 0 Å². The minimum Gasteiger partial charge on any atom is -0.398 e. The Bertz CT molecular complexity index is 820. The van der Waals surface area contributed by atoms with Gasteiger partial charge in [-0.05, 0) is 50.4 Å². The number of aromatic nitrogens is 2. The van der Waals surface area contributed by atoms with Crippen molar-refractivity contribution in [3.8, 4) is 0 Å². The van der Waals surface area contributed by atoms with Gasteiger partial charge in [-0.25, -0.2) is 4.98 Å². The third-order valence-corrected chi connectivity index (χ3v) is 5.30. The molecule has 1 aromatic carbocycles. The molecule has 4 rings (SSSR count). The minimum absolute atomic E-state index is 0.596. The number of anilines is 4. The van der Waals surface area contributed by atoms with Crippen LogP contribution in [0.5, 0.6) is 0 Å². The van der Waals surface area contributed by atoms with Crippen LogP contribution in [0, 0.1) is 18.3 Å². The maximum atomic E-state index is 7.45. The van der Waals surface area contributed by atoms with Crippen LogP contribution in [0.25, 0.3) is 0 Å². The zero-order valence-corrected chi connectivity index (χ0v) is 15.0. The van der Waals surface area contributed by atoms with Gasteiger partial charge in [0.2, 0.25) is 5.95 Å². The third-order valence-electron chi connectivity index (χ3n) is 5.30. The number of hydrogen-bond donors (Lipinski definition) is 4. The summed E-state index contributed by atoms with van der Waals surface area (Å²) >= 11 is 0. The van der Waals surface area contributed by atoms with Crippen molar-refractivity contribution < 1.29 is 0 Å². The Morgan fingerprint density at radius 3 is 3.04 bits per heavy atom. The van der Waals surface area contributed by atoms with Crippen molar-refractivity contribution in [1.82, 2.24) is 15.3 Å². The summed E-state index contributed by atoms with van der Waals surface area (Å²) in [5, 5.41) is 14.4. The van der Waals surface area contributed by atoms with Gasteiger partial charge >= 0.3 is 0 Å². The summed E-state index contributed by atoms with van der Waals surface area (Å²) < 4.78 is 0. The van der Waals surface area contributed by atoms with Gasteiger partial charge < -0.3 is 26.7 Å². The normalized spacial score (nSPS) is 22.1. The molecule has 2 fully saturated rings. The molecule has 0 saturated carbocycles. The molecule has 0 aliphatic carbocycles. The van der Waals surface area contributed by atoms with Crippen LogP contribution in [-0.4, -0.2) is 41.9 Å². The number of nitrogens with one attached hydrogen (secondary N) is 3. The molecule has 3 heterocycles. The summed E-state index contributed by atoms with van der Waals surface area (Å²) in [6, 6.07) is 8.15. The smallest absolute Gasteiger partial charge is 0.227 e. The van der Waals surface area contributed by atoms with Crippen LogP contribution in [0.15, 0.2) is 24.3 Å². The van der Waals surface area contributed by atoms with E-state index in [4.69, 9.17) is 16.1 Å². The van der Waals surface area contributed by atoms with Crippen molar-refractivity contribution in [3.63, 3.8) is 0 Å². The summed E-state index contributed by atoms with van der Waals surface area (Å²) in [5.41, 5.74) is 8.95. The quantitative estimate of drug-likeness (QED) is 0.498. The fourth-order valence-electron chi connectivity index (χ4n) is 3.91. The number of benzene rings is 1. The predicted molar refractivity (Wildman–Crippen MR) is 106 cm³/mol. The summed E-state index contributed by atoms with van der Waals surface area (Å²) in [4.78, 5) is 11.7. The van der Waals surface area contributed by atoms with E-state index < -0.39 is 0 Å². The lowest BCUT2D eigenvalue weighted by atomic mass is 9.94. The first kappa shape index (κ1) is 16.8. The minimum atomic E-state index is 0.596. The van der Waals surface area contributed by atoms with Gasteiger partial charge in [0.25, 0.3) is 0 Å². The number of nitrogens with zero attached hydrogens (tertiary/aromatic N) is 3. The van der Waals surface area contributed by atoms with Gasteiger partial charge in [0.15, 0.2) is 0 Å². The molecule has 7 nitrogen and oxygen atoms in total. The standard InChI is InChI=1S/C19H25N7/c1-12-8-18(24-15-2-3-16(21)14(9-15)10-20)25-19(23-12)26-7-5-17-13(11-26)4-6-22-17/h2-3,8-10,13,17,20,22H,4-7,11,21H2,1H3,(H,23,24,25). The molecule has 2 atom stereocenters. The molecule has 1 aromatic heterocycles. The van der Waals surface area contributed by atoms with Crippen LogP contribution < -0.4 is 21.3 Å². The highest BCUT2D eigenvalue weighted by Gasteiger charge is 2.33. The SMILES string of the molecule is Cc1cc(Nc2ccc(N)c(C=N)c2)nc(N2CCC3NCCC3C2)n1. The predicted octanol–water partition coefficient (Wildman–Crippen LogP) is 2.30. The lowest BCUT2D eigenvalue weighted by Gasteiger charge is -2.35. The maximum Gasteiger partial charge on any atom is 0.227 e. The fraction of sp³-hybridized carbons (Fsp3) is 0.421. The number of nitrogen functional groups attached to an aromatic ring is 1. The molecule has 0 bridgehead atoms. The number of rotatable bonds is 4. The Morgan fingerprint density at radius 1 is 1.31 bits per heavy atom. The number of piperidine rings is 1. The fourth-order valence-corrected chi connectivity index (χ4v) is 3.91. The third kappa shape index (κ3) is 3.35. The molecular formula is C19H25N7. The van der Waals surface area contributed by atoms with Crippen LogP contribution in [0.3, 0.4) is 0 Å². The largest absolute Gasteiger partial charge is 0.398 e. The van der Waals surface area contributed by atoms with E-state index in [1.165, 1.54) is 12.6 Å². The number of nitrogens with two attached hydrogens (primary N) is 1. The molecule has 2 aliphatic rings. The molecule has 0 radical (unpaired) electrons. The summed E-state index contributed by atoms with van der Waals surface area (Å²) in [6.07, 6.45) is 3.64. The van der Waals surface area contributed by atoms with Crippen molar-refractivity contribution >= 4 is 29.4 Å². The first-order valence-corrected chi connectivity index (χ1v) is 9.13. The topological polar surface area (TPSA) is 103 Å². The lowest BCUT2D eigenvalue weighted by molar-refractivity contribution is 0.373. The summed E-state index contributed by atoms with van der Waals surface area (Å²) in [6.45, 7) is 5.11. The first-order valence-electron chi connectivity index (χ1n) is 9.13. The Kier molecular flexibility index (Phi) is 4.46. The van der Waals surface area contributed by atoms with Gasteiger partial charge in [0, 0.05) is 54.0 Å². The highest BCUT2D eigenvalue weighted by Crippen LogP contribution is 2.28. The van der Waals surface area contributed by atoms with E-state index in [-0.39, 0.29) is 0 Å². The second-order valence-corrected chi connectivity index (χ2v) is 7.15. The highest BCUT2D eigenvalue weighted by atomic mass is 15.3. The molecule has 7 heteroatoms. The van der Waals surface area contributed by atoms with Gasteiger partial charge in [-0.1, -0.05) is 0 Å². The lowest BCUT2D eigenvalue weighted by Crippen LogP contribution is -2.45. The van der Waals surface area contributed by atoms with Crippen LogP contribution in [0.2, 0.25) is 0 Å². The molecule has 2 unspecified atom stereocenters. The van der Waals surface area contributed by atoms with Gasteiger partial charge in [-0.15, -0.1) is 0 Å². The molecule has 0 spiro atoms. The van der Waals surface area contributed by atoms with Crippen molar-refractivity contribution in [1.29, 1.82) is 5.41 Å². The zero-order chi connectivity index (χ0) is 18.1. The van der Waals surface area contributed by atoms with Crippen LogP contribution in [-0.2, 0) is 0 Å². The second kappa shape index (κ2) is 6.92. The Balaban J connectivity index is 1.55. The summed E-state index contributed by atoms with van der Waals surface area (Å²) in [7, 11) is 0. The van der Waals surface area contributed by atoms with E-state index in [0.717, 1.165) is 49.2 Å². The van der Waals surface area contributed by atoms with Crippen molar-refractivity contribution in [2.75, 3.05) is 35.6 Å². The Labute approximate surface area is 153 Å². The molecule has 2 aromatic rings. The molecule has 5 N–H and O–H groups in total. The molecule has 26 heavy (non-hydrogen) atoms. The van der Waals surface area contributed by atoms with E-state index in [9.17, 15) is 0 Å². The molecule has 0 amide bonds. The Hall–Kier alpha value is -2.67. The van der Waals surface area contributed by atoms with E-state index in [0.29, 0.717) is 23.2 Å². The maximum absolute atomic E-state index is 7.45. The van der Waals surface area contributed by atoms with Crippen LogP contribution >= 0.6 is 0 Å². The van der Waals surface area contributed by atoms with Crippen LogP contribution in [0.1, 0.15) is 24.1 Å². The average Bonchev–Trinajstić information content (AvgIpc) is 3.10. The highest BCUT2D eigenvalue weighted by molar-refractivity contribution is 5.87. The Morgan fingerprint density at radius 2 is 2.19 bits per heavy atom. The number of hydrogen-bond acceptors (Lipinski definition) is 7. The van der Waals surface area contributed by atoms with Gasteiger partial charge in [0.05, 0.1) is 0 Å². The van der Waals surface area contributed by atoms with E-state index in [2.05, 4.69) is 20.5 Å². The second-order valence-electron chi connectivity index (χ2n) is 7.15. The van der Waals surface area contributed by atoms with E-state index in [1.54, 1.807) is 6.07 Å². The molecule has 136 valence electrons. The number of aryl methyl sites for hydroxylation is 1. The molecule has 2 saturated heterocycles. The van der Waals surface area contributed by atoms with Crippen molar-refractivity contribution in [2.24, 2.45) is 5.92 Å². The van der Waals surface area contributed by atoms with Crippen molar-refractivity contribution in [3.05, 3.63) is 35.5 Å². The summed E-state index contributed by atoms with van der Waals surface area (Å²) in [5.74, 6) is 2.25. The first-order chi connectivity index (χ1) is 12.6. The molecular weight excluding hydrogens is 326 g/mol.